The number of ether oxygens (including phenoxy) is 1. The summed E-state index contributed by atoms with van der Waals surface area (Å²) in [7, 11) is 1.67. The van der Waals surface area contributed by atoms with Crippen molar-refractivity contribution >= 4 is 11.6 Å². The highest BCUT2D eigenvalue weighted by Crippen LogP contribution is 2.16. The van der Waals surface area contributed by atoms with Crippen LogP contribution in [0.4, 0.5) is 11.6 Å². The van der Waals surface area contributed by atoms with Gasteiger partial charge in [-0.3, -0.25) is 0 Å². The zero-order valence-corrected chi connectivity index (χ0v) is 12.7. The van der Waals surface area contributed by atoms with Crippen molar-refractivity contribution in [1.82, 2.24) is 9.97 Å². The molecular formula is C14H26N4O2. The standard InChI is InChI=1S/C14H26N4O2/c1-4-6-15-13-11-14(17-12(5-2)16-13)18(7-9-19)8-10-20-3/h11,19H,4-10H2,1-3H3,(H,15,16,17). The van der Waals surface area contributed by atoms with E-state index in [9.17, 15) is 5.11 Å². The number of aliphatic hydroxyl groups excluding tert-OH is 1. The molecular weight excluding hydrogens is 256 g/mol. The zero-order chi connectivity index (χ0) is 14.8. The second kappa shape index (κ2) is 9.50. The van der Waals surface area contributed by atoms with Crippen LogP contribution in [0, 0.1) is 0 Å². The topological polar surface area (TPSA) is 70.5 Å². The van der Waals surface area contributed by atoms with Gasteiger partial charge in [0.1, 0.15) is 17.5 Å². The van der Waals surface area contributed by atoms with E-state index in [1.54, 1.807) is 7.11 Å². The van der Waals surface area contributed by atoms with Gasteiger partial charge in [-0.15, -0.1) is 0 Å². The number of nitrogens with one attached hydrogen (secondary N) is 1. The van der Waals surface area contributed by atoms with Crippen LogP contribution in [0.15, 0.2) is 6.07 Å². The summed E-state index contributed by atoms with van der Waals surface area (Å²) in [6.07, 6.45) is 1.83. The summed E-state index contributed by atoms with van der Waals surface area (Å²) in [5.74, 6) is 2.48. The fraction of sp³-hybridized carbons (Fsp3) is 0.714. The number of nitrogens with zero attached hydrogens (tertiary/aromatic N) is 3. The Kier molecular flexibility index (Phi) is 7.91. The third kappa shape index (κ3) is 5.30. The predicted octanol–water partition coefficient (Wildman–Crippen LogP) is 1.31. The van der Waals surface area contributed by atoms with Crippen molar-refractivity contribution < 1.29 is 9.84 Å². The van der Waals surface area contributed by atoms with Crippen molar-refractivity contribution in [2.75, 3.05) is 50.2 Å². The number of aromatic nitrogens is 2. The maximum Gasteiger partial charge on any atom is 0.134 e. The SMILES string of the molecule is CCCNc1cc(N(CCO)CCOC)nc(CC)n1. The Morgan fingerprint density at radius 3 is 2.70 bits per heavy atom. The first-order valence-corrected chi connectivity index (χ1v) is 7.21. The molecule has 2 N–H and O–H groups in total. The summed E-state index contributed by atoms with van der Waals surface area (Å²) < 4.78 is 5.11. The van der Waals surface area contributed by atoms with E-state index in [0.29, 0.717) is 19.7 Å². The third-order valence-electron chi connectivity index (χ3n) is 2.89. The Morgan fingerprint density at radius 1 is 1.30 bits per heavy atom. The molecule has 114 valence electrons. The first kappa shape index (κ1) is 16.7. The summed E-state index contributed by atoms with van der Waals surface area (Å²) in [6.45, 7) is 6.97. The quantitative estimate of drug-likeness (QED) is 0.674. The molecule has 1 aromatic rings. The number of aliphatic hydroxyl groups is 1. The van der Waals surface area contributed by atoms with Crippen LogP contribution < -0.4 is 10.2 Å². The van der Waals surface area contributed by atoms with Crippen LogP contribution in [0.1, 0.15) is 26.1 Å². The van der Waals surface area contributed by atoms with Crippen molar-refractivity contribution in [2.24, 2.45) is 0 Å². The second-order valence-corrected chi connectivity index (χ2v) is 4.51. The van der Waals surface area contributed by atoms with Crippen LogP contribution in [0.25, 0.3) is 0 Å². The van der Waals surface area contributed by atoms with Crippen molar-refractivity contribution in [1.29, 1.82) is 0 Å². The monoisotopic (exact) mass is 282 g/mol. The lowest BCUT2D eigenvalue weighted by Gasteiger charge is -2.23. The number of hydrogen-bond acceptors (Lipinski definition) is 6. The van der Waals surface area contributed by atoms with Crippen molar-refractivity contribution in [3.05, 3.63) is 11.9 Å². The molecule has 0 saturated carbocycles. The van der Waals surface area contributed by atoms with Gasteiger partial charge in [-0.05, 0) is 6.42 Å². The predicted molar refractivity (Wildman–Crippen MR) is 81.4 cm³/mol. The Bertz CT molecular complexity index is 387. The van der Waals surface area contributed by atoms with Gasteiger partial charge in [-0.25, -0.2) is 9.97 Å². The molecule has 0 radical (unpaired) electrons. The molecule has 6 heteroatoms. The normalized spacial score (nSPS) is 10.6. The number of rotatable bonds is 10. The van der Waals surface area contributed by atoms with E-state index in [0.717, 1.165) is 36.8 Å². The number of hydrogen-bond donors (Lipinski definition) is 2. The molecule has 0 aromatic carbocycles. The van der Waals surface area contributed by atoms with Crippen molar-refractivity contribution in [3.8, 4) is 0 Å². The molecule has 0 amide bonds. The molecule has 0 aliphatic carbocycles. The highest BCUT2D eigenvalue weighted by atomic mass is 16.5. The third-order valence-corrected chi connectivity index (χ3v) is 2.89. The molecule has 0 bridgehead atoms. The number of anilines is 2. The summed E-state index contributed by atoms with van der Waals surface area (Å²) in [4.78, 5) is 11.0. The summed E-state index contributed by atoms with van der Waals surface area (Å²) >= 11 is 0. The molecule has 1 heterocycles. The largest absolute Gasteiger partial charge is 0.395 e. The van der Waals surface area contributed by atoms with Gasteiger partial charge in [-0.1, -0.05) is 13.8 Å². The number of aryl methyl sites for hydroxylation is 1. The van der Waals surface area contributed by atoms with E-state index >= 15 is 0 Å². The summed E-state index contributed by atoms with van der Waals surface area (Å²) in [5.41, 5.74) is 0. The molecule has 1 rings (SSSR count). The first-order valence-electron chi connectivity index (χ1n) is 7.21. The molecule has 0 saturated heterocycles. The van der Waals surface area contributed by atoms with Gasteiger partial charge in [0, 0.05) is 39.2 Å². The molecule has 20 heavy (non-hydrogen) atoms. The average molecular weight is 282 g/mol. The Hall–Kier alpha value is -1.40. The lowest BCUT2D eigenvalue weighted by Crippen LogP contribution is -2.31. The molecule has 0 fully saturated rings. The van der Waals surface area contributed by atoms with Crippen LogP contribution >= 0.6 is 0 Å². The maximum absolute atomic E-state index is 9.19. The van der Waals surface area contributed by atoms with Gasteiger partial charge in [0.05, 0.1) is 13.2 Å². The van der Waals surface area contributed by atoms with Crippen molar-refractivity contribution in [3.63, 3.8) is 0 Å². The number of methoxy groups -OCH3 is 1. The smallest absolute Gasteiger partial charge is 0.134 e. The van der Waals surface area contributed by atoms with Gasteiger partial charge in [0.25, 0.3) is 0 Å². The average Bonchev–Trinajstić information content (AvgIpc) is 2.49. The summed E-state index contributed by atoms with van der Waals surface area (Å²) in [5, 5.41) is 12.5. The Labute approximate surface area is 121 Å². The highest BCUT2D eigenvalue weighted by molar-refractivity contribution is 5.49. The van der Waals surface area contributed by atoms with E-state index in [1.807, 2.05) is 17.9 Å². The van der Waals surface area contributed by atoms with Crippen LogP contribution in [0.2, 0.25) is 0 Å². The van der Waals surface area contributed by atoms with Crippen LogP contribution in [-0.4, -0.2) is 55.0 Å². The first-order chi connectivity index (χ1) is 9.74. The summed E-state index contributed by atoms with van der Waals surface area (Å²) in [6, 6.07) is 1.93. The van der Waals surface area contributed by atoms with E-state index in [-0.39, 0.29) is 6.61 Å². The molecule has 0 aliphatic rings. The van der Waals surface area contributed by atoms with E-state index in [2.05, 4.69) is 22.2 Å². The Morgan fingerprint density at radius 2 is 2.10 bits per heavy atom. The zero-order valence-electron chi connectivity index (χ0n) is 12.7. The molecule has 1 aromatic heterocycles. The van der Waals surface area contributed by atoms with E-state index in [1.165, 1.54) is 0 Å². The Balaban J connectivity index is 2.92. The van der Waals surface area contributed by atoms with Gasteiger partial charge >= 0.3 is 0 Å². The second-order valence-electron chi connectivity index (χ2n) is 4.51. The molecule has 0 spiro atoms. The maximum atomic E-state index is 9.19. The fourth-order valence-electron chi connectivity index (χ4n) is 1.81. The van der Waals surface area contributed by atoms with Gasteiger partial charge in [0.2, 0.25) is 0 Å². The van der Waals surface area contributed by atoms with E-state index < -0.39 is 0 Å². The lowest BCUT2D eigenvalue weighted by atomic mass is 10.3. The molecule has 0 unspecified atom stereocenters. The van der Waals surface area contributed by atoms with Gasteiger partial charge in [-0.2, -0.15) is 0 Å². The molecule has 0 atom stereocenters. The lowest BCUT2D eigenvalue weighted by molar-refractivity contribution is 0.202. The molecule has 0 aliphatic heterocycles. The van der Waals surface area contributed by atoms with E-state index in [4.69, 9.17) is 4.74 Å². The minimum absolute atomic E-state index is 0.0902. The minimum Gasteiger partial charge on any atom is -0.395 e. The van der Waals surface area contributed by atoms with Crippen LogP contribution in [-0.2, 0) is 11.2 Å². The van der Waals surface area contributed by atoms with Crippen molar-refractivity contribution in [2.45, 2.75) is 26.7 Å². The van der Waals surface area contributed by atoms with Gasteiger partial charge < -0.3 is 20.1 Å². The van der Waals surface area contributed by atoms with Crippen LogP contribution in [0.3, 0.4) is 0 Å². The molecule has 6 nitrogen and oxygen atoms in total. The minimum atomic E-state index is 0.0902. The fourth-order valence-corrected chi connectivity index (χ4v) is 1.81. The highest BCUT2D eigenvalue weighted by Gasteiger charge is 2.10. The van der Waals surface area contributed by atoms with Crippen LogP contribution in [0.5, 0.6) is 0 Å². The van der Waals surface area contributed by atoms with Gasteiger partial charge in [0.15, 0.2) is 0 Å².